The average molecular weight is 295 g/mol. The standard InChI is InChI=1S/C19H38N2/c1-5-8-16-10-11-18(20-6-2)17(13-16)14-21-12-7-9-19(21)15(3)4/h15-20H,5-14H2,1-4H3. The Balaban J connectivity index is 1.95. The molecule has 21 heavy (non-hydrogen) atoms. The van der Waals surface area contributed by atoms with Gasteiger partial charge in [0.1, 0.15) is 0 Å². The third kappa shape index (κ3) is 4.69. The summed E-state index contributed by atoms with van der Waals surface area (Å²) in [5.74, 6) is 2.70. The second kappa shape index (κ2) is 8.53. The normalized spacial score (nSPS) is 34.7. The summed E-state index contributed by atoms with van der Waals surface area (Å²) in [6, 6.07) is 1.62. The lowest BCUT2D eigenvalue weighted by molar-refractivity contribution is 0.115. The highest BCUT2D eigenvalue weighted by atomic mass is 15.2. The number of nitrogens with one attached hydrogen (secondary N) is 1. The van der Waals surface area contributed by atoms with Crippen molar-refractivity contribution < 1.29 is 0 Å². The summed E-state index contributed by atoms with van der Waals surface area (Å²) in [6.45, 7) is 13.3. The molecule has 2 aliphatic rings. The molecule has 0 bridgehead atoms. The molecule has 1 aliphatic heterocycles. The van der Waals surface area contributed by atoms with Crippen molar-refractivity contribution in [1.82, 2.24) is 10.2 Å². The molecule has 0 spiro atoms. The monoisotopic (exact) mass is 294 g/mol. The van der Waals surface area contributed by atoms with Crippen LogP contribution in [0.5, 0.6) is 0 Å². The molecule has 4 unspecified atom stereocenters. The summed E-state index contributed by atoms with van der Waals surface area (Å²) >= 11 is 0. The molecule has 2 nitrogen and oxygen atoms in total. The van der Waals surface area contributed by atoms with Crippen LogP contribution in [0.2, 0.25) is 0 Å². The van der Waals surface area contributed by atoms with Gasteiger partial charge in [-0.15, -0.1) is 0 Å². The van der Waals surface area contributed by atoms with E-state index in [1.807, 2.05) is 0 Å². The zero-order valence-electron chi connectivity index (χ0n) is 14.9. The van der Waals surface area contributed by atoms with Gasteiger partial charge in [0, 0.05) is 18.6 Å². The van der Waals surface area contributed by atoms with Crippen LogP contribution in [0.25, 0.3) is 0 Å². The zero-order valence-corrected chi connectivity index (χ0v) is 14.9. The molecule has 2 rings (SSSR count). The van der Waals surface area contributed by atoms with Gasteiger partial charge < -0.3 is 5.32 Å². The minimum Gasteiger partial charge on any atom is -0.314 e. The Morgan fingerprint density at radius 1 is 1.14 bits per heavy atom. The fraction of sp³-hybridized carbons (Fsp3) is 1.00. The molecule has 0 radical (unpaired) electrons. The molecule has 0 aromatic rings. The van der Waals surface area contributed by atoms with Crippen molar-refractivity contribution in [2.75, 3.05) is 19.6 Å². The maximum atomic E-state index is 3.79. The summed E-state index contributed by atoms with van der Waals surface area (Å²) < 4.78 is 0. The smallest absolute Gasteiger partial charge is 0.0119 e. The molecule has 0 aromatic carbocycles. The van der Waals surface area contributed by atoms with Crippen LogP contribution < -0.4 is 5.32 Å². The second-order valence-corrected chi connectivity index (χ2v) is 7.84. The quantitative estimate of drug-likeness (QED) is 0.753. The van der Waals surface area contributed by atoms with Crippen LogP contribution in [0.15, 0.2) is 0 Å². The van der Waals surface area contributed by atoms with Crippen LogP contribution in [-0.2, 0) is 0 Å². The summed E-state index contributed by atoms with van der Waals surface area (Å²) in [5, 5.41) is 3.79. The zero-order chi connectivity index (χ0) is 15.2. The first-order chi connectivity index (χ1) is 10.2. The Hall–Kier alpha value is -0.0800. The SMILES string of the molecule is CCCC1CCC(NCC)C(CN2CCCC2C(C)C)C1. The van der Waals surface area contributed by atoms with E-state index < -0.39 is 0 Å². The summed E-state index contributed by atoms with van der Waals surface area (Å²) in [4.78, 5) is 2.83. The molecule has 1 saturated carbocycles. The topological polar surface area (TPSA) is 15.3 Å². The van der Waals surface area contributed by atoms with Gasteiger partial charge in [-0.1, -0.05) is 40.5 Å². The van der Waals surface area contributed by atoms with Crippen molar-refractivity contribution in [2.24, 2.45) is 17.8 Å². The number of nitrogens with zero attached hydrogens (tertiary/aromatic N) is 1. The van der Waals surface area contributed by atoms with Crippen molar-refractivity contribution in [3.8, 4) is 0 Å². The Morgan fingerprint density at radius 3 is 2.62 bits per heavy atom. The Labute approximate surface area is 133 Å². The Kier molecular flexibility index (Phi) is 7.01. The summed E-state index contributed by atoms with van der Waals surface area (Å²) in [5.41, 5.74) is 0. The fourth-order valence-electron chi connectivity index (χ4n) is 4.90. The van der Waals surface area contributed by atoms with Gasteiger partial charge >= 0.3 is 0 Å². The van der Waals surface area contributed by atoms with Crippen molar-refractivity contribution in [3.05, 3.63) is 0 Å². The van der Waals surface area contributed by atoms with Crippen molar-refractivity contribution in [3.63, 3.8) is 0 Å². The Bertz CT molecular complexity index is 289. The Morgan fingerprint density at radius 2 is 1.95 bits per heavy atom. The van der Waals surface area contributed by atoms with E-state index in [-0.39, 0.29) is 0 Å². The van der Waals surface area contributed by atoms with Gasteiger partial charge in [-0.3, -0.25) is 4.90 Å². The van der Waals surface area contributed by atoms with Crippen molar-refractivity contribution >= 4 is 0 Å². The first-order valence-electron chi connectivity index (χ1n) is 9.63. The lowest BCUT2D eigenvalue weighted by atomic mass is 9.76. The fourth-order valence-corrected chi connectivity index (χ4v) is 4.90. The number of hydrogen-bond donors (Lipinski definition) is 1. The van der Waals surface area contributed by atoms with E-state index in [9.17, 15) is 0 Å². The highest BCUT2D eigenvalue weighted by Gasteiger charge is 2.34. The number of likely N-dealkylation sites (tertiary alicyclic amines) is 1. The van der Waals surface area contributed by atoms with Crippen molar-refractivity contribution in [2.45, 2.75) is 84.7 Å². The minimum atomic E-state index is 0.775. The van der Waals surface area contributed by atoms with Crippen LogP contribution in [-0.4, -0.2) is 36.6 Å². The van der Waals surface area contributed by atoms with E-state index in [4.69, 9.17) is 0 Å². The maximum absolute atomic E-state index is 3.79. The van der Waals surface area contributed by atoms with Gasteiger partial charge in [0.2, 0.25) is 0 Å². The molecule has 4 atom stereocenters. The van der Waals surface area contributed by atoms with Gasteiger partial charge in [0.25, 0.3) is 0 Å². The summed E-state index contributed by atoms with van der Waals surface area (Å²) in [7, 11) is 0. The maximum Gasteiger partial charge on any atom is 0.0119 e. The van der Waals surface area contributed by atoms with Gasteiger partial charge in [0.15, 0.2) is 0 Å². The van der Waals surface area contributed by atoms with E-state index in [1.54, 1.807) is 0 Å². The molecule has 2 fully saturated rings. The number of rotatable bonds is 7. The molecule has 0 aromatic heterocycles. The van der Waals surface area contributed by atoms with Gasteiger partial charge in [0.05, 0.1) is 0 Å². The lowest BCUT2D eigenvalue weighted by Crippen LogP contribution is -2.47. The van der Waals surface area contributed by atoms with Gasteiger partial charge in [-0.05, 0) is 62.9 Å². The van der Waals surface area contributed by atoms with Crippen LogP contribution in [0.3, 0.4) is 0 Å². The predicted octanol–water partition coefficient (Wildman–Crippen LogP) is 4.30. The predicted molar refractivity (Wildman–Crippen MR) is 92.6 cm³/mol. The molecule has 2 heteroatoms. The average Bonchev–Trinajstić information content (AvgIpc) is 2.90. The third-order valence-electron chi connectivity index (χ3n) is 5.91. The number of hydrogen-bond acceptors (Lipinski definition) is 2. The van der Waals surface area contributed by atoms with E-state index in [0.29, 0.717) is 0 Å². The minimum absolute atomic E-state index is 0.775. The van der Waals surface area contributed by atoms with Gasteiger partial charge in [-0.25, -0.2) is 0 Å². The highest BCUT2D eigenvalue weighted by molar-refractivity contribution is 4.90. The highest BCUT2D eigenvalue weighted by Crippen LogP contribution is 2.34. The van der Waals surface area contributed by atoms with E-state index >= 15 is 0 Å². The largest absolute Gasteiger partial charge is 0.314 e. The van der Waals surface area contributed by atoms with E-state index in [0.717, 1.165) is 36.4 Å². The molecule has 124 valence electrons. The lowest BCUT2D eigenvalue weighted by Gasteiger charge is -2.40. The van der Waals surface area contributed by atoms with Crippen LogP contribution in [0.4, 0.5) is 0 Å². The summed E-state index contributed by atoms with van der Waals surface area (Å²) in [6.07, 6.45) is 9.98. The molecule has 1 N–H and O–H groups in total. The molecule has 1 saturated heterocycles. The van der Waals surface area contributed by atoms with Crippen LogP contribution >= 0.6 is 0 Å². The van der Waals surface area contributed by atoms with E-state index in [2.05, 4.69) is 37.9 Å². The van der Waals surface area contributed by atoms with Crippen molar-refractivity contribution in [1.29, 1.82) is 0 Å². The molecule has 1 heterocycles. The van der Waals surface area contributed by atoms with E-state index in [1.165, 1.54) is 58.0 Å². The molecular weight excluding hydrogens is 256 g/mol. The third-order valence-corrected chi connectivity index (χ3v) is 5.91. The molecule has 0 amide bonds. The molecule has 1 aliphatic carbocycles. The first kappa shape index (κ1) is 17.3. The van der Waals surface area contributed by atoms with Crippen LogP contribution in [0, 0.1) is 17.8 Å². The van der Waals surface area contributed by atoms with Gasteiger partial charge in [-0.2, -0.15) is 0 Å². The first-order valence-corrected chi connectivity index (χ1v) is 9.63. The molecular formula is C19H38N2. The second-order valence-electron chi connectivity index (χ2n) is 7.84. The van der Waals surface area contributed by atoms with Crippen LogP contribution in [0.1, 0.15) is 72.6 Å².